The van der Waals surface area contributed by atoms with Crippen molar-refractivity contribution in [2.45, 2.75) is 66.2 Å². The molecule has 1 aliphatic carbocycles. The van der Waals surface area contributed by atoms with Crippen molar-refractivity contribution in [3.05, 3.63) is 23.3 Å². The van der Waals surface area contributed by atoms with E-state index in [2.05, 4.69) is 26.8 Å². The Morgan fingerprint density at radius 1 is 1.35 bits per heavy atom. The summed E-state index contributed by atoms with van der Waals surface area (Å²) in [6.07, 6.45) is 11.2. The van der Waals surface area contributed by atoms with Gasteiger partial charge in [-0.05, 0) is 37.2 Å². The first-order chi connectivity index (χ1) is 9.55. The van der Waals surface area contributed by atoms with Gasteiger partial charge in [-0.15, -0.1) is 0 Å². The Kier molecular flexibility index (Phi) is 7.64. The zero-order valence-corrected chi connectivity index (χ0v) is 13.6. The van der Waals surface area contributed by atoms with Gasteiger partial charge in [0.1, 0.15) is 0 Å². The first-order valence-electron chi connectivity index (χ1n) is 8.11. The molecule has 0 amide bonds. The van der Waals surface area contributed by atoms with Crippen molar-refractivity contribution >= 4 is 5.97 Å². The summed E-state index contributed by atoms with van der Waals surface area (Å²) in [4.78, 5) is 11.3. The van der Waals surface area contributed by atoms with Gasteiger partial charge in [0, 0.05) is 6.08 Å². The third-order valence-electron chi connectivity index (χ3n) is 3.93. The van der Waals surface area contributed by atoms with Gasteiger partial charge in [-0.25, -0.2) is 4.79 Å². The Bertz CT molecular complexity index is 364. The van der Waals surface area contributed by atoms with E-state index in [9.17, 15) is 4.79 Å². The van der Waals surface area contributed by atoms with Gasteiger partial charge in [0.05, 0.1) is 6.61 Å². The molecular formula is C18H30O2. The molecule has 0 fully saturated rings. The van der Waals surface area contributed by atoms with Crippen molar-refractivity contribution in [3.8, 4) is 0 Å². The van der Waals surface area contributed by atoms with Gasteiger partial charge in [0.2, 0.25) is 0 Å². The molecule has 1 unspecified atom stereocenters. The largest absolute Gasteiger partial charge is 0.463 e. The molecule has 0 bridgehead atoms. The molecule has 0 heterocycles. The topological polar surface area (TPSA) is 26.3 Å². The molecule has 0 saturated heterocycles. The van der Waals surface area contributed by atoms with Crippen LogP contribution < -0.4 is 0 Å². The van der Waals surface area contributed by atoms with E-state index in [4.69, 9.17) is 4.74 Å². The lowest BCUT2D eigenvalue weighted by Gasteiger charge is -2.23. The second-order valence-electron chi connectivity index (χ2n) is 6.25. The lowest BCUT2D eigenvalue weighted by atomic mass is 9.82. The number of hydrogen-bond acceptors (Lipinski definition) is 2. The van der Waals surface area contributed by atoms with Gasteiger partial charge < -0.3 is 4.74 Å². The summed E-state index contributed by atoms with van der Waals surface area (Å²) < 4.78 is 4.92. The maximum absolute atomic E-state index is 11.3. The van der Waals surface area contributed by atoms with Crippen LogP contribution in [0.1, 0.15) is 66.2 Å². The second kappa shape index (κ2) is 8.99. The molecule has 1 rings (SSSR count). The van der Waals surface area contributed by atoms with Crippen LogP contribution in [0, 0.1) is 11.8 Å². The molecule has 0 N–H and O–H groups in total. The van der Waals surface area contributed by atoms with E-state index >= 15 is 0 Å². The van der Waals surface area contributed by atoms with Crippen LogP contribution in [0.5, 0.6) is 0 Å². The minimum atomic E-state index is -0.207. The molecule has 20 heavy (non-hydrogen) atoms. The average Bonchev–Trinajstić information content (AvgIpc) is 2.34. The number of carbonyl (C=O) groups excluding carboxylic acids is 1. The zero-order valence-electron chi connectivity index (χ0n) is 13.6. The van der Waals surface area contributed by atoms with E-state index in [-0.39, 0.29) is 5.97 Å². The molecule has 2 nitrogen and oxygen atoms in total. The lowest BCUT2D eigenvalue weighted by Crippen LogP contribution is -2.09. The second-order valence-corrected chi connectivity index (χ2v) is 6.25. The summed E-state index contributed by atoms with van der Waals surface area (Å²) in [5.74, 6) is 1.42. The normalized spacial score (nSPS) is 17.9. The Hall–Kier alpha value is -1.05. The molecule has 0 aromatic carbocycles. The van der Waals surface area contributed by atoms with Crippen molar-refractivity contribution in [1.82, 2.24) is 0 Å². The molecule has 1 atom stereocenters. The van der Waals surface area contributed by atoms with Crippen LogP contribution in [0.25, 0.3) is 0 Å². The number of allylic oxidation sites excluding steroid dienone is 3. The van der Waals surface area contributed by atoms with Crippen LogP contribution in [-0.4, -0.2) is 12.6 Å². The number of rotatable bonds is 9. The third kappa shape index (κ3) is 6.40. The summed E-state index contributed by atoms with van der Waals surface area (Å²) in [6, 6.07) is 0. The maximum Gasteiger partial charge on any atom is 0.331 e. The predicted octanol–water partition coefficient (Wildman–Crippen LogP) is 5.05. The van der Waals surface area contributed by atoms with Crippen LogP contribution in [-0.2, 0) is 9.53 Å². The average molecular weight is 278 g/mol. The molecule has 0 aromatic heterocycles. The zero-order chi connectivity index (χ0) is 15.0. The number of carbonyl (C=O) groups is 1. The highest BCUT2D eigenvalue weighted by atomic mass is 16.5. The summed E-state index contributed by atoms with van der Waals surface area (Å²) in [5.41, 5.74) is 2.62. The minimum absolute atomic E-state index is 0.207. The number of hydrogen-bond donors (Lipinski definition) is 0. The van der Waals surface area contributed by atoms with Crippen LogP contribution in [0.4, 0.5) is 0 Å². The van der Waals surface area contributed by atoms with E-state index in [0.717, 1.165) is 23.8 Å². The first-order valence-corrected chi connectivity index (χ1v) is 8.11. The molecule has 0 aromatic rings. The van der Waals surface area contributed by atoms with Crippen molar-refractivity contribution in [3.63, 3.8) is 0 Å². The summed E-state index contributed by atoms with van der Waals surface area (Å²) in [7, 11) is 0. The Morgan fingerprint density at radius 2 is 2.05 bits per heavy atom. The quantitative estimate of drug-likeness (QED) is 0.436. The minimum Gasteiger partial charge on any atom is -0.463 e. The fraction of sp³-hybridized carbons (Fsp3) is 0.722. The first kappa shape index (κ1) is 17.0. The highest BCUT2D eigenvalue weighted by Crippen LogP contribution is 2.33. The maximum atomic E-state index is 11.3. The standard InChI is InChI=1S/C18H30O2/c1-5-15(9-7-8-14(3)4)10-16-11-17(12-16)13-18(19)20-6-2/h11,13-15H,5-10,12H2,1-4H3/b17-13-. The van der Waals surface area contributed by atoms with Crippen LogP contribution >= 0.6 is 0 Å². The van der Waals surface area contributed by atoms with Crippen molar-refractivity contribution in [1.29, 1.82) is 0 Å². The molecule has 114 valence electrons. The number of esters is 1. The fourth-order valence-corrected chi connectivity index (χ4v) is 2.69. The van der Waals surface area contributed by atoms with Crippen LogP contribution in [0.2, 0.25) is 0 Å². The van der Waals surface area contributed by atoms with Gasteiger partial charge in [-0.3, -0.25) is 0 Å². The smallest absolute Gasteiger partial charge is 0.331 e. The van der Waals surface area contributed by atoms with E-state index < -0.39 is 0 Å². The van der Waals surface area contributed by atoms with Crippen LogP contribution in [0.3, 0.4) is 0 Å². The van der Waals surface area contributed by atoms with E-state index in [1.54, 1.807) is 6.08 Å². The highest BCUT2D eigenvalue weighted by molar-refractivity contribution is 5.84. The van der Waals surface area contributed by atoms with E-state index in [0.29, 0.717) is 6.61 Å². The molecule has 2 heteroatoms. The Morgan fingerprint density at radius 3 is 2.60 bits per heavy atom. The van der Waals surface area contributed by atoms with Gasteiger partial charge >= 0.3 is 5.97 Å². The molecule has 0 saturated carbocycles. The third-order valence-corrected chi connectivity index (χ3v) is 3.93. The molecule has 0 spiro atoms. The van der Waals surface area contributed by atoms with Gasteiger partial charge in [-0.2, -0.15) is 0 Å². The van der Waals surface area contributed by atoms with Crippen molar-refractivity contribution in [2.24, 2.45) is 11.8 Å². The van der Waals surface area contributed by atoms with Gasteiger partial charge in [0.25, 0.3) is 0 Å². The Labute approximate surface area is 124 Å². The summed E-state index contributed by atoms with van der Waals surface area (Å²) >= 11 is 0. The highest BCUT2D eigenvalue weighted by Gasteiger charge is 2.17. The predicted molar refractivity (Wildman–Crippen MR) is 84.5 cm³/mol. The number of ether oxygens (including phenoxy) is 1. The molecule has 1 aliphatic rings. The summed E-state index contributed by atoms with van der Waals surface area (Å²) in [6.45, 7) is 9.16. The fourth-order valence-electron chi connectivity index (χ4n) is 2.69. The van der Waals surface area contributed by atoms with Crippen molar-refractivity contribution < 1.29 is 9.53 Å². The lowest BCUT2D eigenvalue weighted by molar-refractivity contribution is -0.137. The summed E-state index contributed by atoms with van der Waals surface area (Å²) in [5, 5.41) is 0. The van der Waals surface area contributed by atoms with E-state index in [1.807, 2.05) is 6.92 Å². The molecular weight excluding hydrogens is 248 g/mol. The van der Waals surface area contributed by atoms with Crippen LogP contribution in [0.15, 0.2) is 23.3 Å². The monoisotopic (exact) mass is 278 g/mol. The molecule has 0 aliphatic heterocycles. The van der Waals surface area contributed by atoms with E-state index in [1.165, 1.54) is 37.7 Å². The van der Waals surface area contributed by atoms with Crippen molar-refractivity contribution in [2.75, 3.05) is 6.61 Å². The van der Waals surface area contributed by atoms with Gasteiger partial charge in [-0.1, -0.05) is 58.1 Å². The van der Waals surface area contributed by atoms with Gasteiger partial charge in [0.15, 0.2) is 0 Å². The Balaban J connectivity index is 2.32. The SMILES string of the molecule is CCOC(=O)/C=C1/C=C(CC(CC)CCCC(C)C)C1. The molecule has 0 radical (unpaired) electrons.